The van der Waals surface area contributed by atoms with Crippen molar-refractivity contribution in [2.24, 2.45) is 0 Å². The molecule has 0 aliphatic rings. The molecule has 0 atom stereocenters. The third-order valence-electron chi connectivity index (χ3n) is 5.21. The molecule has 5 rings (SSSR count). The summed E-state index contributed by atoms with van der Waals surface area (Å²) in [6.45, 7) is 0.418. The first-order valence-electron chi connectivity index (χ1n) is 9.87. The second-order valence-electron chi connectivity index (χ2n) is 7.24. The monoisotopic (exact) mass is 410 g/mol. The molecule has 3 aromatic carbocycles. The summed E-state index contributed by atoms with van der Waals surface area (Å²) < 4.78 is 2.01. The number of hydrogen-bond donors (Lipinski definition) is 2. The van der Waals surface area contributed by atoms with Crippen molar-refractivity contribution in [3.8, 4) is 0 Å². The van der Waals surface area contributed by atoms with Crippen molar-refractivity contribution < 1.29 is 14.7 Å². The molecule has 0 unspecified atom stereocenters. The Balaban J connectivity index is 1.47. The third-order valence-corrected chi connectivity index (χ3v) is 5.21. The molecule has 7 nitrogen and oxygen atoms in total. The molecule has 31 heavy (non-hydrogen) atoms. The molecule has 0 aliphatic heterocycles. The fraction of sp³-hybridized carbons (Fsp3) is 0.0833. The topological polar surface area (TPSA) is 97.1 Å². The summed E-state index contributed by atoms with van der Waals surface area (Å²) in [4.78, 5) is 33.3. The number of aryl methyl sites for hydroxylation is 1. The number of nitrogens with one attached hydrogen (secondary N) is 1. The number of carboxylic acids is 1. The van der Waals surface area contributed by atoms with Crippen LogP contribution < -0.4 is 5.32 Å². The zero-order valence-electron chi connectivity index (χ0n) is 16.4. The Labute approximate surface area is 177 Å². The van der Waals surface area contributed by atoms with Gasteiger partial charge in [-0.3, -0.25) is 4.79 Å². The van der Waals surface area contributed by atoms with Crippen LogP contribution in [-0.4, -0.2) is 31.5 Å². The molecular weight excluding hydrogens is 392 g/mol. The molecule has 0 aliphatic carbocycles. The molecule has 1 amide bonds. The SMILES string of the molecule is O=C(CCn1c2ccccc2c2nc3ccccc3nc21)Nc1cccc(C(=O)O)c1. The number of para-hydroxylation sites is 3. The lowest BCUT2D eigenvalue weighted by Crippen LogP contribution is -2.15. The summed E-state index contributed by atoms with van der Waals surface area (Å²) in [6.07, 6.45) is 0.208. The molecule has 0 saturated heterocycles. The van der Waals surface area contributed by atoms with Gasteiger partial charge in [0.15, 0.2) is 5.65 Å². The molecule has 2 N–H and O–H groups in total. The number of amides is 1. The molecule has 0 saturated carbocycles. The first-order chi connectivity index (χ1) is 15.1. The predicted octanol–water partition coefficient (Wildman–Crippen LogP) is 4.46. The number of hydrogen-bond acceptors (Lipinski definition) is 4. The molecule has 2 heterocycles. The summed E-state index contributed by atoms with van der Waals surface area (Å²) in [5, 5.41) is 12.9. The van der Waals surface area contributed by atoms with E-state index in [9.17, 15) is 9.59 Å². The van der Waals surface area contributed by atoms with Gasteiger partial charge in [-0.25, -0.2) is 14.8 Å². The summed E-state index contributed by atoms with van der Waals surface area (Å²) in [7, 11) is 0. The second kappa shape index (κ2) is 7.53. The van der Waals surface area contributed by atoms with E-state index >= 15 is 0 Å². The maximum absolute atomic E-state index is 12.6. The highest BCUT2D eigenvalue weighted by Gasteiger charge is 2.15. The van der Waals surface area contributed by atoms with Crippen molar-refractivity contribution in [2.75, 3.05) is 5.32 Å². The van der Waals surface area contributed by atoms with Gasteiger partial charge < -0.3 is 15.0 Å². The number of fused-ring (bicyclic) bond motifs is 4. The summed E-state index contributed by atoms with van der Waals surface area (Å²) >= 11 is 0. The minimum atomic E-state index is -1.04. The van der Waals surface area contributed by atoms with Crippen molar-refractivity contribution in [3.63, 3.8) is 0 Å². The lowest BCUT2D eigenvalue weighted by atomic mass is 10.2. The smallest absolute Gasteiger partial charge is 0.335 e. The normalized spacial score (nSPS) is 11.2. The highest BCUT2D eigenvalue weighted by atomic mass is 16.4. The molecule has 0 spiro atoms. The Bertz CT molecular complexity index is 1470. The van der Waals surface area contributed by atoms with Gasteiger partial charge in [-0.2, -0.15) is 0 Å². The van der Waals surface area contributed by atoms with E-state index in [-0.39, 0.29) is 17.9 Å². The molecule has 0 fully saturated rings. The third kappa shape index (κ3) is 3.46. The lowest BCUT2D eigenvalue weighted by Gasteiger charge is -2.09. The Morgan fingerprint density at radius 1 is 0.903 bits per heavy atom. The number of nitrogens with zero attached hydrogens (tertiary/aromatic N) is 3. The zero-order valence-corrected chi connectivity index (χ0v) is 16.4. The number of carbonyl (C=O) groups excluding carboxylic acids is 1. The van der Waals surface area contributed by atoms with Crippen molar-refractivity contribution in [3.05, 3.63) is 78.4 Å². The van der Waals surface area contributed by atoms with E-state index in [2.05, 4.69) is 5.32 Å². The van der Waals surface area contributed by atoms with Crippen LogP contribution in [0, 0.1) is 0 Å². The molecule has 7 heteroatoms. The fourth-order valence-electron chi connectivity index (χ4n) is 3.78. The molecule has 152 valence electrons. The van der Waals surface area contributed by atoms with Gasteiger partial charge in [-0.15, -0.1) is 0 Å². The highest BCUT2D eigenvalue weighted by Crippen LogP contribution is 2.28. The van der Waals surface area contributed by atoms with E-state index in [1.165, 1.54) is 12.1 Å². The zero-order chi connectivity index (χ0) is 21.4. The number of aromatic carboxylic acids is 1. The van der Waals surface area contributed by atoms with Crippen LogP contribution in [0.25, 0.3) is 33.1 Å². The minimum Gasteiger partial charge on any atom is -0.478 e. The average Bonchev–Trinajstić information content (AvgIpc) is 3.09. The van der Waals surface area contributed by atoms with Crippen LogP contribution in [0.3, 0.4) is 0 Å². The van der Waals surface area contributed by atoms with Gasteiger partial charge in [0, 0.05) is 24.0 Å². The van der Waals surface area contributed by atoms with Gasteiger partial charge in [0.1, 0.15) is 5.52 Å². The van der Waals surface area contributed by atoms with Crippen LogP contribution in [-0.2, 0) is 11.3 Å². The van der Waals surface area contributed by atoms with Crippen molar-refractivity contribution in [2.45, 2.75) is 13.0 Å². The maximum Gasteiger partial charge on any atom is 0.335 e. The molecule has 5 aromatic rings. The van der Waals surface area contributed by atoms with Gasteiger partial charge in [0.05, 0.1) is 22.1 Å². The van der Waals surface area contributed by atoms with Gasteiger partial charge in [0.25, 0.3) is 0 Å². The van der Waals surface area contributed by atoms with Gasteiger partial charge in [-0.1, -0.05) is 36.4 Å². The standard InChI is InChI=1S/C24H18N4O3/c29-21(25-16-7-5-6-15(14-16)24(30)31)12-13-28-20-11-4-1-8-17(20)22-23(28)27-19-10-3-2-9-18(19)26-22/h1-11,14H,12-13H2,(H,25,29)(H,30,31). The Morgan fingerprint density at radius 2 is 1.65 bits per heavy atom. The van der Waals surface area contributed by atoms with E-state index in [0.717, 1.165) is 33.1 Å². The molecule has 0 bridgehead atoms. The van der Waals surface area contributed by atoms with Gasteiger partial charge in [0.2, 0.25) is 5.91 Å². The fourth-order valence-corrected chi connectivity index (χ4v) is 3.78. The second-order valence-corrected chi connectivity index (χ2v) is 7.24. The van der Waals surface area contributed by atoms with Gasteiger partial charge in [-0.05, 0) is 36.4 Å². The van der Waals surface area contributed by atoms with Crippen LogP contribution in [0.4, 0.5) is 5.69 Å². The van der Waals surface area contributed by atoms with Gasteiger partial charge >= 0.3 is 5.97 Å². The van der Waals surface area contributed by atoms with Crippen LogP contribution in [0.1, 0.15) is 16.8 Å². The van der Waals surface area contributed by atoms with Crippen LogP contribution in [0.5, 0.6) is 0 Å². The maximum atomic E-state index is 12.6. The number of rotatable bonds is 5. The number of carbonyl (C=O) groups is 2. The van der Waals surface area contributed by atoms with E-state index in [4.69, 9.17) is 15.1 Å². The first-order valence-corrected chi connectivity index (χ1v) is 9.87. The van der Waals surface area contributed by atoms with Crippen LogP contribution in [0.2, 0.25) is 0 Å². The summed E-state index contributed by atoms with van der Waals surface area (Å²) in [6, 6.07) is 21.8. The van der Waals surface area contributed by atoms with E-state index in [1.807, 2.05) is 53.1 Å². The number of carboxylic acid groups (broad SMARTS) is 1. The lowest BCUT2D eigenvalue weighted by molar-refractivity contribution is -0.116. The molecule has 0 radical (unpaired) electrons. The molecular formula is C24H18N4O3. The average molecular weight is 410 g/mol. The van der Waals surface area contributed by atoms with E-state index in [0.29, 0.717) is 12.2 Å². The Kier molecular flexibility index (Phi) is 4.55. The quantitative estimate of drug-likeness (QED) is 0.446. The predicted molar refractivity (Wildman–Crippen MR) is 119 cm³/mol. The summed E-state index contributed by atoms with van der Waals surface area (Å²) in [5.74, 6) is -1.24. The summed E-state index contributed by atoms with van der Waals surface area (Å²) in [5.41, 5.74) is 4.72. The number of aromatic nitrogens is 3. The minimum absolute atomic E-state index is 0.127. The number of anilines is 1. The first kappa shape index (κ1) is 18.7. The van der Waals surface area contributed by atoms with E-state index in [1.54, 1.807) is 12.1 Å². The van der Waals surface area contributed by atoms with Crippen molar-refractivity contribution >= 4 is 50.7 Å². The largest absolute Gasteiger partial charge is 0.478 e. The Hall–Kier alpha value is -4.26. The highest BCUT2D eigenvalue weighted by molar-refractivity contribution is 6.06. The number of benzene rings is 3. The molecule has 2 aromatic heterocycles. The van der Waals surface area contributed by atoms with Crippen LogP contribution >= 0.6 is 0 Å². The van der Waals surface area contributed by atoms with Crippen molar-refractivity contribution in [1.82, 2.24) is 14.5 Å². The Morgan fingerprint density at radius 3 is 2.45 bits per heavy atom. The van der Waals surface area contributed by atoms with Crippen LogP contribution in [0.15, 0.2) is 72.8 Å². The van der Waals surface area contributed by atoms with Crippen molar-refractivity contribution in [1.29, 1.82) is 0 Å². The van der Waals surface area contributed by atoms with E-state index < -0.39 is 5.97 Å².